The van der Waals surface area contributed by atoms with Crippen molar-refractivity contribution in [3.8, 4) is 11.1 Å². The Labute approximate surface area is 118 Å². The molecule has 3 rings (SSSR count). The summed E-state index contributed by atoms with van der Waals surface area (Å²) in [5, 5.41) is 7.89. The van der Waals surface area contributed by atoms with Crippen molar-refractivity contribution in [3.05, 3.63) is 47.8 Å². The van der Waals surface area contributed by atoms with E-state index in [-0.39, 0.29) is 0 Å². The molecule has 0 saturated heterocycles. The van der Waals surface area contributed by atoms with Gasteiger partial charge in [0.1, 0.15) is 5.82 Å². The molecule has 0 aliphatic heterocycles. The predicted octanol–water partition coefficient (Wildman–Crippen LogP) is 3.44. The van der Waals surface area contributed by atoms with Crippen molar-refractivity contribution in [1.82, 2.24) is 14.6 Å². The van der Waals surface area contributed by atoms with Gasteiger partial charge in [0.2, 0.25) is 0 Å². The molecule has 20 heavy (non-hydrogen) atoms. The summed E-state index contributed by atoms with van der Waals surface area (Å²) in [6, 6.07) is 10.2. The highest BCUT2D eigenvalue weighted by atomic mass is 15.3. The van der Waals surface area contributed by atoms with E-state index in [1.807, 2.05) is 35.8 Å². The Kier molecular flexibility index (Phi) is 3.14. The van der Waals surface area contributed by atoms with E-state index < -0.39 is 0 Å². The molecule has 4 heteroatoms. The minimum atomic E-state index is 0.861. The van der Waals surface area contributed by atoms with Gasteiger partial charge < -0.3 is 5.32 Å². The monoisotopic (exact) mass is 266 g/mol. The van der Waals surface area contributed by atoms with Crippen LogP contribution in [0.4, 0.5) is 5.82 Å². The molecule has 1 N–H and O–H groups in total. The second-order valence-corrected chi connectivity index (χ2v) is 4.86. The van der Waals surface area contributed by atoms with Gasteiger partial charge in [-0.2, -0.15) is 9.61 Å². The van der Waals surface area contributed by atoms with Crippen LogP contribution in [0.15, 0.2) is 36.5 Å². The molecule has 2 heterocycles. The molecule has 4 nitrogen and oxygen atoms in total. The number of nitrogens with one attached hydrogen (secondary N) is 1. The van der Waals surface area contributed by atoms with Gasteiger partial charge in [-0.15, -0.1) is 0 Å². The molecule has 2 aromatic heterocycles. The topological polar surface area (TPSA) is 42.2 Å². The number of rotatable bonds is 3. The molecule has 0 unspecified atom stereocenters. The van der Waals surface area contributed by atoms with Gasteiger partial charge in [-0.3, -0.25) is 0 Å². The number of aryl methyl sites for hydroxylation is 1. The summed E-state index contributed by atoms with van der Waals surface area (Å²) in [5.41, 5.74) is 5.27. The second-order valence-electron chi connectivity index (χ2n) is 4.86. The van der Waals surface area contributed by atoms with Crippen molar-refractivity contribution < 1.29 is 0 Å². The van der Waals surface area contributed by atoms with Crippen molar-refractivity contribution in [2.45, 2.75) is 20.8 Å². The molecule has 0 bridgehead atoms. The zero-order chi connectivity index (χ0) is 14.1. The lowest BCUT2D eigenvalue weighted by Gasteiger charge is -2.12. The fraction of sp³-hybridized carbons (Fsp3) is 0.250. The molecule has 0 spiro atoms. The van der Waals surface area contributed by atoms with Gasteiger partial charge >= 0.3 is 0 Å². The highest BCUT2D eigenvalue weighted by Gasteiger charge is 2.14. The first-order valence-electron chi connectivity index (χ1n) is 6.86. The van der Waals surface area contributed by atoms with Crippen molar-refractivity contribution in [2.75, 3.05) is 11.9 Å². The summed E-state index contributed by atoms with van der Waals surface area (Å²) < 4.78 is 1.90. The van der Waals surface area contributed by atoms with E-state index in [1.54, 1.807) is 0 Å². The molecule has 0 radical (unpaired) electrons. The molecule has 0 saturated carbocycles. The Morgan fingerprint density at radius 1 is 1.15 bits per heavy atom. The first-order valence-corrected chi connectivity index (χ1v) is 6.86. The lowest BCUT2D eigenvalue weighted by molar-refractivity contribution is 0.909. The van der Waals surface area contributed by atoms with Crippen molar-refractivity contribution >= 4 is 11.5 Å². The number of fused-ring (bicyclic) bond motifs is 1. The number of nitrogens with zero attached hydrogens (tertiary/aromatic N) is 3. The lowest BCUT2D eigenvalue weighted by atomic mass is 10.1. The molecular formula is C16H18N4. The number of hydrogen-bond acceptors (Lipinski definition) is 3. The molecule has 0 atom stereocenters. The van der Waals surface area contributed by atoms with Crippen molar-refractivity contribution in [1.29, 1.82) is 0 Å². The molecule has 1 aromatic carbocycles. The van der Waals surface area contributed by atoms with E-state index in [4.69, 9.17) is 4.98 Å². The van der Waals surface area contributed by atoms with Gasteiger partial charge in [-0.25, -0.2) is 4.98 Å². The summed E-state index contributed by atoms with van der Waals surface area (Å²) in [4.78, 5) is 4.71. The number of hydrogen-bond donors (Lipinski definition) is 1. The van der Waals surface area contributed by atoms with E-state index in [2.05, 4.69) is 36.4 Å². The molecule has 0 amide bonds. The fourth-order valence-corrected chi connectivity index (χ4v) is 2.38. The summed E-state index contributed by atoms with van der Waals surface area (Å²) >= 11 is 0. The van der Waals surface area contributed by atoms with Gasteiger partial charge in [0.25, 0.3) is 0 Å². The summed E-state index contributed by atoms with van der Waals surface area (Å²) in [7, 11) is 0. The number of benzene rings is 1. The van der Waals surface area contributed by atoms with Gasteiger partial charge in [-0.05, 0) is 26.3 Å². The SMILES string of the molecule is CCNc1c(C)c(C)nc2c(-c3ccccc3)cnn12. The zero-order valence-electron chi connectivity index (χ0n) is 12.0. The van der Waals surface area contributed by atoms with Crippen LogP contribution in [0.2, 0.25) is 0 Å². The standard InChI is InChI=1S/C16H18N4/c1-4-17-15-11(2)12(3)19-16-14(10-18-20(15)16)13-8-6-5-7-9-13/h5-10,17H,4H2,1-3H3. The quantitative estimate of drug-likeness (QED) is 0.789. The third kappa shape index (κ3) is 1.93. The normalized spacial score (nSPS) is 10.9. The predicted molar refractivity (Wildman–Crippen MR) is 82.1 cm³/mol. The maximum Gasteiger partial charge on any atom is 0.165 e. The molecule has 3 aromatic rings. The van der Waals surface area contributed by atoms with Crippen LogP contribution in [-0.2, 0) is 0 Å². The first kappa shape index (κ1) is 12.7. The van der Waals surface area contributed by atoms with Gasteiger partial charge in [0.15, 0.2) is 5.65 Å². The van der Waals surface area contributed by atoms with Crippen LogP contribution in [0.1, 0.15) is 18.2 Å². The Bertz CT molecular complexity index is 744. The van der Waals surface area contributed by atoms with Crippen LogP contribution in [0.25, 0.3) is 16.8 Å². The fourth-order valence-electron chi connectivity index (χ4n) is 2.38. The highest BCUT2D eigenvalue weighted by molar-refractivity contribution is 5.78. The van der Waals surface area contributed by atoms with E-state index >= 15 is 0 Å². The third-order valence-electron chi connectivity index (χ3n) is 3.56. The van der Waals surface area contributed by atoms with Gasteiger partial charge in [0.05, 0.1) is 6.20 Å². The highest BCUT2D eigenvalue weighted by Crippen LogP contribution is 2.27. The minimum Gasteiger partial charge on any atom is -0.370 e. The second kappa shape index (κ2) is 4.96. The van der Waals surface area contributed by atoms with Crippen LogP contribution < -0.4 is 5.32 Å². The molecule has 0 fully saturated rings. The Balaban J connectivity index is 2.28. The third-order valence-corrected chi connectivity index (χ3v) is 3.56. The average molecular weight is 266 g/mol. The molecular weight excluding hydrogens is 248 g/mol. The van der Waals surface area contributed by atoms with Crippen molar-refractivity contribution in [3.63, 3.8) is 0 Å². The maximum absolute atomic E-state index is 4.71. The van der Waals surface area contributed by atoms with E-state index in [0.717, 1.165) is 40.4 Å². The number of anilines is 1. The minimum absolute atomic E-state index is 0.861. The van der Waals surface area contributed by atoms with E-state index in [1.165, 1.54) is 0 Å². The Hall–Kier alpha value is -2.36. The lowest BCUT2D eigenvalue weighted by Crippen LogP contribution is -2.09. The smallest absolute Gasteiger partial charge is 0.165 e. The van der Waals surface area contributed by atoms with Gasteiger partial charge in [0, 0.05) is 23.4 Å². The molecule has 0 aliphatic rings. The average Bonchev–Trinajstić information content (AvgIpc) is 2.88. The first-order chi connectivity index (χ1) is 9.72. The zero-order valence-corrected chi connectivity index (χ0v) is 12.0. The maximum atomic E-state index is 4.71. The molecule has 102 valence electrons. The van der Waals surface area contributed by atoms with E-state index in [9.17, 15) is 0 Å². The van der Waals surface area contributed by atoms with Crippen LogP contribution in [0.3, 0.4) is 0 Å². The molecule has 0 aliphatic carbocycles. The van der Waals surface area contributed by atoms with E-state index in [0.29, 0.717) is 0 Å². The van der Waals surface area contributed by atoms with Crippen LogP contribution >= 0.6 is 0 Å². The Morgan fingerprint density at radius 2 is 1.90 bits per heavy atom. The number of aromatic nitrogens is 3. The summed E-state index contributed by atoms with van der Waals surface area (Å²) in [6.45, 7) is 7.06. The Morgan fingerprint density at radius 3 is 2.60 bits per heavy atom. The summed E-state index contributed by atoms with van der Waals surface area (Å²) in [5.74, 6) is 1.03. The van der Waals surface area contributed by atoms with Crippen molar-refractivity contribution in [2.24, 2.45) is 0 Å². The van der Waals surface area contributed by atoms with Crippen LogP contribution in [-0.4, -0.2) is 21.1 Å². The summed E-state index contributed by atoms with van der Waals surface area (Å²) in [6.07, 6.45) is 1.89. The van der Waals surface area contributed by atoms with Crippen LogP contribution in [0, 0.1) is 13.8 Å². The van der Waals surface area contributed by atoms with Gasteiger partial charge in [-0.1, -0.05) is 30.3 Å². The largest absolute Gasteiger partial charge is 0.370 e. The van der Waals surface area contributed by atoms with Crippen LogP contribution in [0.5, 0.6) is 0 Å².